The lowest BCUT2D eigenvalue weighted by atomic mass is 9.70. The summed E-state index contributed by atoms with van der Waals surface area (Å²) in [4.78, 5) is 25.1. The first kappa shape index (κ1) is 22.7. The number of nitrogens with zero attached hydrogens (tertiary/aromatic N) is 5. The average Bonchev–Trinajstić information content (AvgIpc) is 3.30. The van der Waals surface area contributed by atoms with Gasteiger partial charge in [0.25, 0.3) is 11.9 Å². The summed E-state index contributed by atoms with van der Waals surface area (Å²) in [7, 11) is 1.37. The Kier molecular flexibility index (Phi) is 6.30. The minimum absolute atomic E-state index is 0.141. The SMILES string of the molecule is COc1ccnc(-n2cc(C(=O)NCC3(c4cccnc4)CCCCC3)c(C(F)(F)F)n2)n1. The lowest BCUT2D eigenvalue weighted by molar-refractivity contribution is -0.141. The van der Waals surface area contributed by atoms with Crippen LogP contribution in [0.4, 0.5) is 13.2 Å². The fourth-order valence-corrected chi connectivity index (χ4v) is 4.23. The lowest BCUT2D eigenvalue weighted by Gasteiger charge is -2.37. The maximum atomic E-state index is 13.7. The van der Waals surface area contributed by atoms with E-state index >= 15 is 0 Å². The molecule has 4 rings (SSSR count). The molecule has 1 aliphatic carbocycles. The number of halogens is 3. The molecule has 174 valence electrons. The molecule has 0 saturated heterocycles. The molecule has 1 N–H and O–H groups in total. The Morgan fingerprint density at radius 3 is 2.67 bits per heavy atom. The summed E-state index contributed by atoms with van der Waals surface area (Å²) in [6, 6.07) is 5.23. The number of nitrogens with one attached hydrogen (secondary N) is 1. The van der Waals surface area contributed by atoms with Gasteiger partial charge in [-0.05, 0) is 24.5 Å². The highest BCUT2D eigenvalue weighted by molar-refractivity contribution is 5.95. The second kappa shape index (κ2) is 9.16. The Labute approximate surface area is 188 Å². The number of amides is 1. The monoisotopic (exact) mass is 460 g/mol. The quantitative estimate of drug-likeness (QED) is 0.603. The van der Waals surface area contributed by atoms with Gasteiger partial charge in [-0.2, -0.15) is 23.3 Å². The minimum atomic E-state index is -4.83. The van der Waals surface area contributed by atoms with Crippen LogP contribution in [0.5, 0.6) is 5.88 Å². The zero-order valence-electron chi connectivity index (χ0n) is 18.0. The third-order valence-electron chi connectivity index (χ3n) is 5.93. The zero-order valence-corrected chi connectivity index (χ0v) is 18.0. The molecule has 11 heteroatoms. The van der Waals surface area contributed by atoms with Gasteiger partial charge >= 0.3 is 6.18 Å². The van der Waals surface area contributed by atoms with Gasteiger partial charge in [0.05, 0.1) is 12.7 Å². The maximum absolute atomic E-state index is 13.7. The Balaban J connectivity index is 1.62. The number of alkyl halides is 3. The molecule has 1 saturated carbocycles. The number of ether oxygens (including phenoxy) is 1. The fraction of sp³-hybridized carbons (Fsp3) is 0.409. The zero-order chi connectivity index (χ0) is 23.5. The van der Waals surface area contributed by atoms with Crippen LogP contribution in [-0.4, -0.2) is 44.3 Å². The van der Waals surface area contributed by atoms with Gasteiger partial charge < -0.3 is 10.1 Å². The molecular formula is C22H23F3N6O2. The molecule has 33 heavy (non-hydrogen) atoms. The van der Waals surface area contributed by atoms with Crippen molar-refractivity contribution in [2.75, 3.05) is 13.7 Å². The second-order valence-electron chi connectivity index (χ2n) is 8.00. The van der Waals surface area contributed by atoms with Crippen molar-refractivity contribution in [1.82, 2.24) is 30.0 Å². The number of pyridine rings is 1. The molecule has 0 atom stereocenters. The molecule has 3 aromatic rings. The topological polar surface area (TPSA) is 94.8 Å². The van der Waals surface area contributed by atoms with Crippen molar-refractivity contribution in [1.29, 1.82) is 0 Å². The summed E-state index contributed by atoms with van der Waals surface area (Å²) in [5.41, 5.74) is -1.29. The molecule has 0 radical (unpaired) electrons. The Morgan fingerprint density at radius 1 is 1.21 bits per heavy atom. The van der Waals surface area contributed by atoms with E-state index in [1.807, 2.05) is 12.1 Å². The molecule has 8 nitrogen and oxygen atoms in total. The van der Waals surface area contributed by atoms with Crippen molar-refractivity contribution < 1.29 is 22.7 Å². The van der Waals surface area contributed by atoms with E-state index in [9.17, 15) is 18.0 Å². The number of hydrogen-bond acceptors (Lipinski definition) is 6. The summed E-state index contributed by atoms with van der Waals surface area (Å²) < 4.78 is 46.9. The second-order valence-corrected chi connectivity index (χ2v) is 8.00. The first-order valence-electron chi connectivity index (χ1n) is 10.6. The molecule has 3 aromatic heterocycles. The molecule has 3 heterocycles. The molecule has 0 aliphatic heterocycles. The number of methoxy groups -OCH3 is 1. The Bertz CT molecular complexity index is 1110. The van der Waals surface area contributed by atoms with Gasteiger partial charge in [0.15, 0.2) is 5.69 Å². The van der Waals surface area contributed by atoms with Gasteiger partial charge in [-0.25, -0.2) is 9.67 Å². The van der Waals surface area contributed by atoms with E-state index in [0.717, 1.165) is 48.5 Å². The van der Waals surface area contributed by atoms with Crippen LogP contribution in [0.3, 0.4) is 0 Å². The van der Waals surface area contributed by atoms with E-state index in [-0.39, 0.29) is 23.8 Å². The first-order valence-corrected chi connectivity index (χ1v) is 10.6. The third-order valence-corrected chi connectivity index (χ3v) is 5.93. The summed E-state index contributed by atoms with van der Waals surface area (Å²) >= 11 is 0. The van der Waals surface area contributed by atoms with Gasteiger partial charge in [0.1, 0.15) is 0 Å². The van der Waals surface area contributed by atoms with Crippen LogP contribution < -0.4 is 10.1 Å². The third kappa shape index (κ3) is 4.81. The minimum Gasteiger partial charge on any atom is -0.481 e. The van der Waals surface area contributed by atoms with E-state index < -0.39 is 23.3 Å². The van der Waals surface area contributed by atoms with Crippen LogP contribution in [0.15, 0.2) is 43.0 Å². The van der Waals surface area contributed by atoms with Crippen LogP contribution in [0.25, 0.3) is 5.95 Å². The van der Waals surface area contributed by atoms with Crippen molar-refractivity contribution in [3.63, 3.8) is 0 Å². The summed E-state index contributed by atoms with van der Waals surface area (Å²) in [5.74, 6) is -0.839. The van der Waals surface area contributed by atoms with E-state index in [2.05, 4.69) is 25.4 Å². The van der Waals surface area contributed by atoms with Crippen LogP contribution in [0, 0.1) is 0 Å². The van der Waals surface area contributed by atoms with Crippen LogP contribution in [0.2, 0.25) is 0 Å². The van der Waals surface area contributed by atoms with Crippen LogP contribution >= 0.6 is 0 Å². The van der Waals surface area contributed by atoms with E-state index in [0.29, 0.717) is 0 Å². The highest BCUT2D eigenvalue weighted by Gasteiger charge is 2.40. The predicted octanol–water partition coefficient (Wildman–Crippen LogP) is 3.72. The van der Waals surface area contributed by atoms with Crippen LogP contribution in [0.1, 0.15) is 53.7 Å². The Morgan fingerprint density at radius 2 is 2.00 bits per heavy atom. The average molecular weight is 460 g/mol. The maximum Gasteiger partial charge on any atom is 0.435 e. The number of carbonyl (C=O) groups excluding carboxylic acids is 1. The molecule has 0 aromatic carbocycles. The molecular weight excluding hydrogens is 437 g/mol. The highest BCUT2D eigenvalue weighted by Crippen LogP contribution is 2.39. The lowest BCUT2D eigenvalue weighted by Crippen LogP contribution is -2.42. The largest absolute Gasteiger partial charge is 0.481 e. The molecule has 0 spiro atoms. The van der Waals surface area contributed by atoms with Gasteiger partial charge in [-0.1, -0.05) is 25.3 Å². The summed E-state index contributed by atoms with van der Waals surface area (Å²) in [5, 5.41) is 6.28. The van der Waals surface area contributed by atoms with E-state index in [1.54, 1.807) is 12.4 Å². The summed E-state index contributed by atoms with van der Waals surface area (Å²) in [6.07, 6.45) is 5.60. The van der Waals surface area contributed by atoms with Crippen molar-refractivity contribution >= 4 is 5.91 Å². The molecule has 1 fully saturated rings. The van der Waals surface area contributed by atoms with Crippen molar-refractivity contribution in [3.8, 4) is 11.8 Å². The molecule has 0 unspecified atom stereocenters. The number of hydrogen-bond donors (Lipinski definition) is 1. The standard InChI is InChI=1S/C22H23F3N6O2/c1-33-17-7-11-27-20(29-17)31-13-16(18(30-31)22(23,24)25)19(32)28-14-21(8-3-2-4-9-21)15-6-5-10-26-12-15/h5-7,10-13H,2-4,8-9,14H2,1H3,(H,28,32). The van der Waals surface area contributed by atoms with Crippen molar-refractivity contribution in [2.24, 2.45) is 0 Å². The first-order chi connectivity index (χ1) is 15.8. The molecule has 0 bridgehead atoms. The number of carbonyl (C=O) groups is 1. The van der Waals surface area contributed by atoms with Crippen LogP contribution in [-0.2, 0) is 11.6 Å². The normalized spacial score (nSPS) is 15.8. The van der Waals surface area contributed by atoms with Crippen molar-refractivity contribution in [3.05, 3.63) is 59.8 Å². The van der Waals surface area contributed by atoms with Gasteiger partial charge in [-0.15, -0.1) is 0 Å². The Hall–Kier alpha value is -3.50. The predicted molar refractivity (Wildman–Crippen MR) is 112 cm³/mol. The smallest absolute Gasteiger partial charge is 0.435 e. The number of aromatic nitrogens is 5. The highest BCUT2D eigenvalue weighted by atomic mass is 19.4. The van der Waals surface area contributed by atoms with Crippen molar-refractivity contribution in [2.45, 2.75) is 43.7 Å². The molecule has 1 amide bonds. The van der Waals surface area contributed by atoms with Gasteiger partial charge in [-0.3, -0.25) is 9.78 Å². The van der Waals surface area contributed by atoms with Gasteiger partial charge in [0, 0.05) is 42.8 Å². The summed E-state index contributed by atoms with van der Waals surface area (Å²) in [6.45, 7) is 0.204. The van der Waals surface area contributed by atoms with E-state index in [4.69, 9.17) is 4.74 Å². The van der Waals surface area contributed by atoms with E-state index in [1.165, 1.54) is 19.4 Å². The molecule has 1 aliphatic rings. The van der Waals surface area contributed by atoms with Gasteiger partial charge in [0.2, 0.25) is 5.88 Å². The fourth-order valence-electron chi connectivity index (χ4n) is 4.23. The number of rotatable bonds is 6.